The summed E-state index contributed by atoms with van der Waals surface area (Å²) in [6, 6.07) is 0. The van der Waals surface area contributed by atoms with Gasteiger partial charge in [0.15, 0.2) is 5.78 Å². The summed E-state index contributed by atoms with van der Waals surface area (Å²) in [4.78, 5) is 24.2. The number of Topliss-reactive ketones (excluding diaryl/α,β-unsaturated/α-hetero) is 1. The third-order valence-electron chi connectivity index (χ3n) is 3.49. The highest BCUT2D eigenvalue weighted by atomic mass is 16.5. The minimum absolute atomic E-state index is 0.0609. The van der Waals surface area contributed by atoms with Crippen LogP contribution in [-0.4, -0.2) is 31.1 Å². The molecule has 1 atom stereocenters. The van der Waals surface area contributed by atoms with Gasteiger partial charge in [-0.15, -0.1) is 0 Å². The van der Waals surface area contributed by atoms with Crippen molar-refractivity contribution in [3.63, 3.8) is 0 Å². The fourth-order valence-electron chi connectivity index (χ4n) is 2.25. The summed E-state index contributed by atoms with van der Waals surface area (Å²) >= 11 is 0. The van der Waals surface area contributed by atoms with Crippen molar-refractivity contribution in [1.29, 1.82) is 0 Å². The minimum atomic E-state index is -0.734. The highest BCUT2D eigenvalue weighted by Crippen LogP contribution is 2.39. The molecule has 0 heterocycles. The molecule has 0 aromatic carbocycles. The fourth-order valence-corrected chi connectivity index (χ4v) is 2.25. The topological polar surface area (TPSA) is 52.6 Å². The van der Waals surface area contributed by atoms with Crippen molar-refractivity contribution in [2.75, 3.05) is 13.7 Å². The van der Waals surface area contributed by atoms with Crippen molar-refractivity contribution in [1.82, 2.24) is 0 Å². The smallest absolute Gasteiger partial charge is 0.316 e. The van der Waals surface area contributed by atoms with E-state index in [-0.39, 0.29) is 11.7 Å². The van der Waals surface area contributed by atoms with Crippen LogP contribution in [0.3, 0.4) is 0 Å². The van der Waals surface area contributed by atoms with E-state index in [0.717, 1.165) is 6.42 Å². The Morgan fingerprint density at radius 2 is 1.88 bits per heavy atom. The zero-order valence-corrected chi connectivity index (χ0v) is 11.1. The van der Waals surface area contributed by atoms with Gasteiger partial charge in [-0.1, -0.05) is 13.8 Å². The van der Waals surface area contributed by atoms with E-state index in [1.807, 2.05) is 13.8 Å². The van der Waals surface area contributed by atoms with Crippen molar-refractivity contribution in [2.24, 2.45) is 11.8 Å². The van der Waals surface area contributed by atoms with Crippen LogP contribution in [0, 0.1) is 11.8 Å². The number of ketones is 1. The predicted octanol–water partition coefficient (Wildman–Crippen LogP) is 1.96. The molecule has 17 heavy (non-hydrogen) atoms. The molecule has 0 aromatic rings. The second-order valence-electron chi connectivity index (χ2n) is 4.89. The van der Waals surface area contributed by atoms with Gasteiger partial charge in [-0.2, -0.15) is 0 Å². The van der Waals surface area contributed by atoms with Gasteiger partial charge < -0.3 is 9.47 Å². The van der Waals surface area contributed by atoms with Crippen molar-refractivity contribution >= 4 is 11.8 Å². The standard InChI is InChI=1S/C13H22O4/c1-5-17-12(15)10(9(2)3)11(14)13(16-4)7-6-8-13/h9-10H,5-8H2,1-4H3. The summed E-state index contributed by atoms with van der Waals surface area (Å²) in [7, 11) is 1.54. The van der Waals surface area contributed by atoms with Crippen molar-refractivity contribution in [3.8, 4) is 0 Å². The predicted molar refractivity (Wildman–Crippen MR) is 63.6 cm³/mol. The van der Waals surface area contributed by atoms with Crippen molar-refractivity contribution in [2.45, 2.75) is 45.6 Å². The Kier molecular flexibility index (Phi) is 4.69. The second-order valence-corrected chi connectivity index (χ2v) is 4.89. The van der Waals surface area contributed by atoms with Gasteiger partial charge in [0.05, 0.1) is 6.61 Å². The van der Waals surface area contributed by atoms with Crippen molar-refractivity contribution < 1.29 is 19.1 Å². The summed E-state index contributed by atoms with van der Waals surface area (Å²) in [5, 5.41) is 0. The molecule has 1 aliphatic rings. The van der Waals surface area contributed by atoms with Gasteiger partial charge in [-0.3, -0.25) is 9.59 Å². The quantitative estimate of drug-likeness (QED) is 0.528. The third-order valence-corrected chi connectivity index (χ3v) is 3.49. The molecule has 1 fully saturated rings. The molecule has 1 rings (SSSR count). The SMILES string of the molecule is CCOC(=O)C(C(=O)C1(OC)CCC1)C(C)C. The first-order chi connectivity index (χ1) is 7.98. The zero-order valence-electron chi connectivity index (χ0n) is 11.1. The van der Waals surface area contributed by atoms with E-state index in [1.165, 1.54) is 0 Å². The van der Waals surface area contributed by atoms with Crippen LogP contribution in [0.5, 0.6) is 0 Å². The summed E-state index contributed by atoms with van der Waals surface area (Å²) in [6.45, 7) is 5.77. The van der Waals surface area contributed by atoms with E-state index in [9.17, 15) is 9.59 Å². The van der Waals surface area contributed by atoms with Crippen LogP contribution in [0.15, 0.2) is 0 Å². The largest absolute Gasteiger partial charge is 0.465 e. The maximum atomic E-state index is 12.4. The van der Waals surface area contributed by atoms with Crippen molar-refractivity contribution in [3.05, 3.63) is 0 Å². The van der Waals surface area contributed by atoms with E-state index in [1.54, 1.807) is 14.0 Å². The summed E-state index contributed by atoms with van der Waals surface area (Å²) in [6.07, 6.45) is 2.41. The zero-order chi connectivity index (χ0) is 13.1. The Morgan fingerprint density at radius 1 is 1.29 bits per heavy atom. The minimum Gasteiger partial charge on any atom is -0.465 e. The number of methoxy groups -OCH3 is 1. The summed E-state index contributed by atoms with van der Waals surface area (Å²) in [5.74, 6) is -1.29. The molecule has 0 aliphatic heterocycles. The Morgan fingerprint density at radius 3 is 2.18 bits per heavy atom. The van der Waals surface area contributed by atoms with Gasteiger partial charge in [-0.05, 0) is 32.1 Å². The van der Waals surface area contributed by atoms with Gasteiger partial charge in [0.1, 0.15) is 11.5 Å². The molecule has 4 heteroatoms. The van der Waals surface area contributed by atoms with Gasteiger partial charge in [-0.25, -0.2) is 0 Å². The van der Waals surface area contributed by atoms with Crippen LogP contribution < -0.4 is 0 Å². The van der Waals surface area contributed by atoms with Gasteiger partial charge in [0.2, 0.25) is 0 Å². The lowest BCUT2D eigenvalue weighted by Crippen LogP contribution is -2.52. The summed E-state index contributed by atoms with van der Waals surface area (Å²) in [5.41, 5.74) is -0.734. The first-order valence-electron chi connectivity index (χ1n) is 6.24. The molecule has 1 unspecified atom stereocenters. The Labute approximate surface area is 103 Å². The monoisotopic (exact) mass is 242 g/mol. The molecule has 1 saturated carbocycles. The highest BCUT2D eigenvalue weighted by Gasteiger charge is 2.50. The summed E-state index contributed by atoms with van der Waals surface area (Å²) < 4.78 is 10.3. The Hall–Kier alpha value is -0.900. The number of rotatable bonds is 6. The first-order valence-corrected chi connectivity index (χ1v) is 6.24. The Bertz CT molecular complexity index is 286. The fraction of sp³-hybridized carbons (Fsp3) is 0.846. The maximum Gasteiger partial charge on any atom is 0.316 e. The lowest BCUT2D eigenvalue weighted by molar-refractivity contribution is -0.168. The van der Waals surface area contributed by atoms with Crippen LogP contribution in [0.2, 0.25) is 0 Å². The molecule has 0 spiro atoms. The number of carbonyl (C=O) groups excluding carboxylic acids is 2. The second kappa shape index (κ2) is 5.63. The van der Waals surface area contributed by atoms with Crippen LogP contribution in [-0.2, 0) is 19.1 Å². The number of carbonyl (C=O) groups is 2. The van der Waals surface area contributed by atoms with Gasteiger partial charge in [0, 0.05) is 7.11 Å². The average molecular weight is 242 g/mol. The van der Waals surface area contributed by atoms with E-state index in [0.29, 0.717) is 19.4 Å². The van der Waals surface area contributed by atoms with Crippen LogP contribution >= 0.6 is 0 Å². The molecular formula is C13H22O4. The molecular weight excluding hydrogens is 220 g/mol. The number of esters is 1. The number of hydrogen-bond donors (Lipinski definition) is 0. The van der Waals surface area contributed by atoms with E-state index in [2.05, 4.69) is 0 Å². The molecule has 0 bridgehead atoms. The normalized spacial score (nSPS) is 19.6. The Balaban J connectivity index is 2.84. The van der Waals surface area contributed by atoms with E-state index in [4.69, 9.17) is 9.47 Å². The van der Waals surface area contributed by atoms with E-state index < -0.39 is 17.5 Å². The number of hydrogen-bond acceptors (Lipinski definition) is 4. The molecule has 0 N–H and O–H groups in total. The molecule has 98 valence electrons. The molecule has 0 saturated heterocycles. The van der Waals surface area contributed by atoms with Gasteiger partial charge in [0.25, 0.3) is 0 Å². The lowest BCUT2D eigenvalue weighted by atomic mass is 9.71. The van der Waals surface area contributed by atoms with E-state index >= 15 is 0 Å². The van der Waals surface area contributed by atoms with Crippen LogP contribution in [0.25, 0.3) is 0 Å². The number of ether oxygens (including phenoxy) is 2. The molecule has 0 amide bonds. The molecule has 4 nitrogen and oxygen atoms in total. The van der Waals surface area contributed by atoms with Crippen LogP contribution in [0.4, 0.5) is 0 Å². The highest BCUT2D eigenvalue weighted by molar-refractivity contribution is 6.04. The maximum absolute atomic E-state index is 12.4. The van der Waals surface area contributed by atoms with Gasteiger partial charge >= 0.3 is 5.97 Å². The molecule has 1 aliphatic carbocycles. The lowest BCUT2D eigenvalue weighted by Gasteiger charge is -2.41. The molecule has 0 aromatic heterocycles. The first kappa shape index (κ1) is 14.2. The average Bonchev–Trinajstić information content (AvgIpc) is 2.16. The van der Waals surface area contributed by atoms with Crippen LogP contribution in [0.1, 0.15) is 40.0 Å². The molecule has 0 radical (unpaired) electrons. The third kappa shape index (κ3) is 2.68.